The zero-order chi connectivity index (χ0) is 21.1. The molecule has 4 aliphatic carbocycles. The van der Waals surface area contributed by atoms with Crippen molar-refractivity contribution in [3.05, 3.63) is 23.9 Å². The van der Waals surface area contributed by atoms with Crippen LogP contribution in [0.2, 0.25) is 0 Å². The van der Waals surface area contributed by atoms with Crippen LogP contribution in [0.1, 0.15) is 55.9 Å². The lowest BCUT2D eigenvalue weighted by Crippen LogP contribution is -2.57. The number of hydrogen-bond donors (Lipinski definition) is 2. The van der Waals surface area contributed by atoms with E-state index in [2.05, 4.69) is 26.2 Å². The van der Waals surface area contributed by atoms with Gasteiger partial charge in [0.05, 0.1) is 24.8 Å². The summed E-state index contributed by atoms with van der Waals surface area (Å²) in [7, 11) is 1.60. The standard InChI is InChI=1S/C23H27BrN2O4/c1-3-30-20(27)19-18(16-7-15(29-2)4-5-17(16)25-19)26-21(28)22-8-13-6-14(9-22)11-23(24,10-13)12-22/h4-5,7,13-14,25H,3,6,8-12H2,1-2H3,(H,26,28)/t13-,14-,22?,23?/m1/s1. The van der Waals surface area contributed by atoms with E-state index in [9.17, 15) is 9.59 Å². The molecule has 0 aliphatic heterocycles. The van der Waals surface area contributed by atoms with Crippen LogP contribution >= 0.6 is 15.9 Å². The molecule has 0 spiro atoms. The second-order valence-electron chi connectivity index (χ2n) is 9.35. The van der Waals surface area contributed by atoms with Crippen LogP contribution in [-0.2, 0) is 9.53 Å². The Morgan fingerprint density at radius 2 is 1.97 bits per heavy atom. The normalized spacial score (nSPS) is 31.7. The number of hydrogen-bond acceptors (Lipinski definition) is 4. The number of rotatable bonds is 5. The molecule has 1 aromatic carbocycles. The largest absolute Gasteiger partial charge is 0.497 e. The van der Waals surface area contributed by atoms with Gasteiger partial charge in [-0.1, -0.05) is 15.9 Å². The Bertz CT molecular complexity index is 1020. The van der Waals surface area contributed by atoms with E-state index in [0.717, 1.165) is 43.0 Å². The minimum atomic E-state index is -0.467. The number of nitrogens with one attached hydrogen (secondary N) is 2. The number of anilines is 1. The smallest absolute Gasteiger partial charge is 0.356 e. The molecule has 4 saturated carbocycles. The van der Waals surface area contributed by atoms with Gasteiger partial charge in [-0.3, -0.25) is 4.79 Å². The van der Waals surface area contributed by atoms with Crippen molar-refractivity contribution in [3.63, 3.8) is 0 Å². The minimum absolute atomic E-state index is 0.0229. The van der Waals surface area contributed by atoms with E-state index in [-0.39, 0.29) is 27.9 Å². The Balaban J connectivity index is 1.53. The van der Waals surface area contributed by atoms with E-state index in [1.165, 1.54) is 6.42 Å². The van der Waals surface area contributed by atoms with Gasteiger partial charge in [-0.2, -0.15) is 0 Å². The van der Waals surface area contributed by atoms with Crippen molar-refractivity contribution in [2.75, 3.05) is 19.0 Å². The van der Waals surface area contributed by atoms with Gasteiger partial charge >= 0.3 is 5.97 Å². The summed E-state index contributed by atoms with van der Waals surface area (Å²) in [4.78, 5) is 29.5. The molecule has 30 heavy (non-hydrogen) atoms. The predicted octanol–water partition coefficient (Wildman–Crippen LogP) is 5.03. The predicted molar refractivity (Wildman–Crippen MR) is 118 cm³/mol. The van der Waals surface area contributed by atoms with Gasteiger partial charge in [-0.25, -0.2) is 4.79 Å². The highest BCUT2D eigenvalue weighted by Gasteiger charge is 2.59. The highest BCUT2D eigenvalue weighted by Crippen LogP contribution is 2.64. The number of methoxy groups -OCH3 is 1. The lowest BCUT2D eigenvalue weighted by molar-refractivity contribution is -0.138. The molecule has 2 aromatic rings. The fourth-order valence-corrected chi connectivity index (χ4v) is 7.90. The summed E-state index contributed by atoms with van der Waals surface area (Å²) in [5.41, 5.74) is 1.16. The number of carbonyl (C=O) groups excluding carboxylic acids is 2. The van der Waals surface area contributed by atoms with E-state index in [1.54, 1.807) is 14.0 Å². The summed E-state index contributed by atoms with van der Waals surface area (Å²) in [5, 5.41) is 3.90. The summed E-state index contributed by atoms with van der Waals surface area (Å²) in [5.74, 6) is 1.43. The highest BCUT2D eigenvalue weighted by molar-refractivity contribution is 9.10. The molecule has 7 heteroatoms. The lowest BCUT2D eigenvalue weighted by Gasteiger charge is -2.59. The van der Waals surface area contributed by atoms with Crippen LogP contribution in [0.3, 0.4) is 0 Å². The van der Waals surface area contributed by atoms with E-state index < -0.39 is 5.97 Å². The first-order chi connectivity index (χ1) is 14.3. The first-order valence-corrected chi connectivity index (χ1v) is 11.5. The fourth-order valence-electron chi connectivity index (χ4n) is 6.45. The zero-order valence-electron chi connectivity index (χ0n) is 17.3. The van der Waals surface area contributed by atoms with Crippen LogP contribution in [0.4, 0.5) is 5.69 Å². The van der Waals surface area contributed by atoms with Crippen LogP contribution in [0, 0.1) is 17.3 Å². The number of halogens is 1. The van der Waals surface area contributed by atoms with Crippen LogP contribution < -0.4 is 10.1 Å². The third-order valence-corrected chi connectivity index (χ3v) is 8.12. The van der Waals surface area contributed by atoms with Crippen molar-refractivity contribution in [2.24, 2.45) is 17.3 Å². The van der Waals surface area contributed by atoms with Gasteiger partial charge in [-0.05, 0) is 75.5 Å². The molecule has 4 fully saturated rings. The van der Waals surface area contributed by atoms with Gasteiger partial charge in [0.15, 0.2) is 0 Å². The number of aromatic nitrogens is 1. The zero-order valence-corrected chi connectivity index (χ0v) is 18.9. The molecule has 160 valence electrons. The number of esters is 1. The minimum Gasteiger partial charge on any atom is -0.497 e. The first-order valence-electron chi connectivity index (χ1n) is 10.7. The monoisotopic (exact) mass is 474 g/mol. The molecule has 1 amide bonds. The Morgan fingerprint density at radius 3 is 2.60 bits per heavy atom. The molecule has 0 saturated heterocycles. The van der Waals surface area contributed by atoms with Gasteiger partial charge in [0.2, 0.25) is 5.91 Å². The third kappa shape index (κ3) is 3.13. The number of benzene rings is 1. The number of aromatic amines is 1. The average molecular weight is 475 g/mol. The Kier molecular flexibility index (Phi) is 4.65. The SMILES string of the molecule is CCOC(=O)c1[nH]c2ccc(OC)cc2c1NC(=O)C12C[C@H]3C[C@@H](CC(Br)(C3)C1)C2. The molecule has 6 rings (SSSR count). The molecule has 1 heterocycles. The van der Waals surface area contributed by atoms with Crippen molar-refractivity contribution >= 4 is 44.4 Å². The number of carbonyl (C=O) groups is 2. The summed E-state index contributed by atoms with van der Waals surface area (Å²) in [6.07, 6.45) is 6.29. The van der Waals surface area contributed by atoms with Crippen molar-refractivity contribution in [2.45, 2.75) is 49.8 Å². The number of alkyl halides is 1. The molecular formula is C23H27BrN2O4. The summed E-state index contributed by atoms with van der Waals surface area (Å²) in [6, 6.07) is 5.52. The lowest BCUT2D eigenvalue weighted by atomic mass is 9.49. The summed E-state index contributed by atoms with van der Waals surface area (Å²) < 4.78 is 10.7. The number of H-pyrrole nitrogens is 1. The number of ether oxygens (including phenoxy) is 2. The maximum atomic E-state index is 13.7. The van der Waals surface area contributed by atoms with Crippen LogP contribution in [0.25, 0.3) is 10.9 Å². The number of fused-ring (bicyclic) bond motifs is 1. The highest BCUT2D eigenvalue weighted by atomic mass is 79.9. The van der Waals surface area contributed by atoms with Crippen molar-refractivity contribution < 1.29 is 19.1 Å². The molecule has 0 radical (unpaired) electrons. The van der Waals surface area contributed by atoms with Gasteiger partial charge in [-0.15, -0.1) is 0 Å². The molecular weight excluding hydrogens is 448 g/mol. The molecule has 6 nitrogen and oxygen atoms in total. The molecule has 1 aromatic heterocycles. The molecule has 2 atom stereocenters. The van der Waals surface area contributed by atoms with Crippen molar-refractivity contribution in [1.29, 1.82) is 0 Å². The Labute approximate surface area is 184 Å². The summed E-state index contributed by atoms with van der Waals surface area (Å²) >= 11 is 3.98. The second-order valence-corrected chi connectivity index (χ2v) is 11.0. The maximum Gasteiger partial charge on any atom is 0.356 e. The second kappa shape index (κ2) is 7.01. The van der Waals surface area contributed by atoms with E-state index in [1.807, 2.05) is 18.2 Å². The molecule has 2 N–H and O–H groups in total. The van der Waals surface area contributed by atoms with Crippen LogP contribution in [0.5, 0.6) is 5.75 Å². The Hall–Kier alpha value is -2.02. The topological polar surface area (TPSA) is 80.4 Å². The van der Waals surface area contributed by atoms with E-state index >= 15 is 0 Å². The fraction of sp³-hybridized carbons (Fsp3) is 0.565. The van der Waals surface area contributed by atoms with Gasteiger partial charge in [0.1, 0.15) is 11.4 Å². The quantitative estimate of drug-likeness (QED) is 0.470. The van der Waals surface area contributed by atoms with Crippen molar-refractivity contribution in [1.82, 2.24) is 4.98 Å². The van der Waals surface area contributed by atoms with Gasteiger partial charge in [0.25, 0.3) is 0 Å². The van der Waals surface area contributed by atoms with E-state index in [0.29, 0.717) is 23.3 Å². The maximum absolute atomic E-state index is 13.7. The van der Waals surface area contributed by atoms with Crippen molar-refractivity contribution in [3.8, 4) is 5.75 Å². The molecule has 4 bridgehead atoms. The first kappa shape index (κ1) is 19.9. The van der Waals surface area contributed by atoms with E-state index in [4.69, 9.17) is 9.47 Å². The number of amides is 1. The third-order valence-electron chi connectivity index (χ3n) is 7.20. The Morgan fingerprint density at radius 1 is 1.23 bits per heavy atom. The van der Waals surface area contributed by atoms with Gasteiger partial charge in [0, 0.05) is 15.2 Å². The average Bonchev–Trinajstić information content (AvgIpc) is 3.04. The van der Waals surface area contributed by atoms with Crippen LogP contribution in [-0.4, -0.2) is 34.9 Å². The van der Waals surface area contributed by atoms with Gasteiger partial charge < -0.3 is 19.8 Å². The summed E-state index contributed by atoms with van der Waals surface area (Å²) in [6.45, 7) is 2.04. The molecule has 4 aliphatic rings. The molecule has 0 unspecified atom stereocenters. The van der Waals surface area contributed by atoms with Crippen LogP contribution in [0.15, 0.2) is 18.2 Å².